The van der Waals surface area contributed by atoms with E-state index in [0.29, 0.717) is 29.7 Å². The molecule has 1 saturated heterocycles. The first kappa shape index (κ1) is 22.3. The number of thioether (sulfide) groups is 1. The molecule has 0 aliphatic carbocycles. The molecular formula is C24H21ClINO3S. The monoisotopic (exact) mass is 565 g/mol. The fourth-order valence-corrected chi connectivity index (χ4v) is 5.48. The first-order valence-corrected chi connectivity index (χ1v) is 12.4. The van der Waals surface area contributed by atoms with Crippen LogP contribution in [0.3, 0.4) is 0 Å². The molecule has 1 heterocycles. The lowest BCUT2D eigenvalue weighted by molar-refractivity contribution is -0.115. The maximum absolute atomic E-state index is 12.7. The smallest absolute Gasteiger partial charge is 0.238 e. The van der Waals surface area contributed by atoms with Gasteiger partial charge in [-0.2, -0.15) is 0 Å². The number of nitrogens with zero attached hydrogens (tertiary/aromatic N) is 1. The molecule has 0 unspecified atom stereocenters. The molecular weight excluding hydrogens is 545 g/mol. The van der Waals surface area contributed by atoms with Crippen molar-refractivity contribution in [3.05, 3.63) is 86.4 Å². The highest BCUT2D eigenvalue weighted by atomic mass is 127. The number of hydrogen-bond acceptors (Lipinski definition) is 4. The van der Waals surface area contributed by atoms with Crippen molar-refractivity contribution < 1.29 is 14.3 Å². The van der Waals surface area contributed by atoms with Crippen LogP contribution in [0.2, 0.25) is 5.02 Å². The van der Waals surface area contributed by atoms with E-state index in [1.165, 1.54) is 0 Å². The minimum absolute atomic E-state index is 0.0784. The molecule has 0 radical (unpaired) electrons. The first-order valence-electron chi connectivity index (χ1n) is 9.89. The minimum atomic E-state index is -0.135. The van der Waals surface area contributed by atoms with Crippen molar-refractivity contribution in [2.45, 2.75) is 18.9 Å². The van der Waals surface area contributed by atoms with E-state index in [-0.39, 0.29) is 11.3 Å². The van der Waals surface area contributed by atoms with Crippen molar-refractivity contribution in [3.63, 3.8) is 0 Å². The molecule has 3 aromatic rings. The molecule has 0 bridgehead atoms. The van der Waals surface area contributed by atoms with Crippen LogP contribution >= 0.6 is 46.0 Å². The number of rotatable bonds is 7. The quantitative estimate of drug-likeness (QED) is 0.299. The normalized spacial score (nSPS) is 15.9. The number of anilines is 1. The van der Waals surface area contributed by atoms with E-state index in [4.69, 9.17) is 21.1 Å². The summed E-state index contributed by atoms with van der Waals surface area (Å²) in [5.74, 6) is 1.92. The Labute approximate surface area is 205 Å². The zero-order valence-corrected chi connectivity index (χ0v) is 20.6. The molecule has 0 aromatic heterocycles. The van der Waals surface area contributed by atoms with Gasteiger partial charge in [0.15, 0.2) is 11.5 Å². The number of amides is 1. The summed E-state index contributed by atoms with van der Waals surface area (Å²) in [6.45, 7) is 2.94. The number of ether oxygens (including phenoxy) is 2. The van der Waals surface area contributed by atoms with Crippen molar-refractivity contribution >= 4 is 57.5 Å². The molecule has 7 heteroatoms. The zero-order valence-electron chi connectivity index (χ0n) is 16.9. The van der Waals surface area contributed by atoms with Crippen LogP contribution in [0.1, 0.15) is 23.4 Å². The maximum atomic E-state index is 12.7. The van der Waals surface area contributed by atoms with E-state index in [2.05, 4.69) is 28.7 Å². The van der Waals surface area contributed by atoms with Gasteiger partial charge in [-0.3, -0.25) is 9.69 Å². The number of hydrogen-bond donors (Lipinski definition) is 0. The molecule has 0 saturated carbocycles. The summed E-state index contributed by atoms with van der Waals surface area (Å²) in [7, 11) is 0. The largest absolute Gasteiger partial charge is 0.490 e. The van der Waals surface area contributed by atoms with Crippen LogP contribution in [0, 0.1) is 3.57 Å². The predicted octanol–water partition coefficient (Wildman–Crippen LogP) is 6.70. The Hall–Kier alpha value is -1.90. The molecule has 1 fully saturated rings. The van der Waals surface area contributed by atoms with Gasteiger partial charge in [-0.15, -0.1) is 11.8 Å². The summed E-state index contributed by atoms with van der Waals surface area (Å²) >= 11 is 9.92. The van der Waals surface area contributed by atoms with E-state index in [1.54, 1.807) is 23.9 Å². The molecule has 0 spiro atoms. The SMILES string of the molecule is CCOc1cc([C@@H]2SCC(=O)N2c2ccc(Cl)cc2)cc(I)c1OCc1ccccc1. The van der Waals surface area contributed by atoms with Crippen molar-refractivity contribution in [2.24, 2.45) is 0 Å². The summed E-state index contributed by atoms with van der Waals surface area (Å²) in [5, 5.41) is 0.511. The Morgan fingerprint density at radius 2 is 1.84 bits per heavy atom. The summed E-state index contributed by atoms with van der Waals surface area (Å²) in [5.41, 5.74) is 2.93. The second kappa shape index (κ2) is 10.1. The van der Waals surface area contributed by atoms with Gasteiger partial charge in [-0.25, -0.2) is 0 Å². The lowest BCUT2D eigenvalue weighted by Crippen LogP contribution is -2.27. The Morgan fingerprint density at radius 1 is 1.10 bits per heavy atom. The van der Waals surface area contributed by atoms with Crippen LogP contribution in [-0.4, -0.2) is 18.3 Å². The zero-order chi connectivity index (χ0) is 21.8. The average Bonchev–Trinajstić information content (AvgIpc) is 3.16. The van der Waals surface area contributed by atoms with Gasteiger partial charge >= 0.3 is 0 Å². The Bertz CT molecular complexity index is 1060. The van der Waals surface area contributed by atoms with Gasteiger partial charge in [-0.1, -0.05) is 41.9 Å². The number of benzene rings is 3. The van der Waals surface area contributed by atoms with Crippen LogP contribution in [0.5, 0.6) is 11.5 Å². The second-order valence-electron chi connectivity index (χ2n) is 6.94. The van der Waals surface area contributed by atoms with Gasteiger partial charge in [0.2, 0.25) is 5.91 Å². The van der Waals surface area contributed by atoms with Gasteiger partial charge in [0, 0.05) is 10.7 Å². The summed E-state index contributed by atoms with van der Waals surface area (Å²) in [6.07, 6.45) is 0. The predicted molar refractivity (Wildman–Crippen MR) is 135 cm³/mol. The highest BCUT2D eigenvalue weighted by Gasteiger charge is 2.35. The molecule has 1 amide bonds. The van der Waals surface area contributed by atoms with E-state index in [1.807, 2.05) is 60.4 Å². The van der Waals surface area contributed by atoms with Crippen molar-refractivity contribution in [1.29, 1.82) is 0 Å². The van der Waals surface area contributed by atoms with Gasteiger partial charge in [0.1, 0.15) is 12.0 Å². The van der Waals surface area contributed by atoms with Gasteiger partial charge < -0.3 is 9.47 Å². The third-order valence-electron chi connectivity index (χ3n) is 4.82. The fourth-order valence-electron chi connectivity index (χ4n) is 3.41. The molecule has 0 N–H and O–H groups in total. The Morgan fingerprint density at radius 3 is 2.55 bits per heavy atom. The van der Waals surface area contributed by atoms with Gasteiger partial charge in [0.25, 0.3) is 0 Å². The van der Waals surface area contributed by atoms with E-state index >= 15 is 0 Å². The summed E-state index contributed by atoms with van der Waals surface area (Å²) < 4.78 is 13.0. The van der Waals surface area contributed by atoms with Crippen LogP contribution in [-0.2, 0) is 11.4 Å². The molecule has 3 aromatic carbocycles. The molecule has 1 aliphatic rings. The van der Waals surface area contributed by atoms with Crippen molar-refractivity contribution in [3.8, 4) is 11.5 Å². The van der Waals surface area contributed by atoms with E-state index in [0.717, 1.165) is 26.1 Å². The molecule has 4 nitrogen and oxygen atoms in total. The van der Waals surface area contributed by atoms with Crippen molar-refractivity contribution in [1.82, 2.24) is 0 Å². The summed E-state index contributed by atoms with van der Waals surface area (Å²) in [6, 6.07) is 21.5. The second-order valence-corrected chi connectivity index (χ2v) is 9.61. The number of halogens is 2. The minimum Gasteiger partial charge on any atom is -0.490 e. The van der Waals surface area contributed by atoms with E-state index < -0.39 is 0 Å². The third kappa shape index (κ3) is 5.13. The lowest BCUT2D eigenvalue weighted by Gasteiger charge is -2.25. The average molecular weight is 566 g/mol. The van der Waals surface area contributed by atoms with Crippen LogP contribution < -0.4 is 14.4 Å². The van der Waals surface area contributed by atoms with Gasteiger partial charge in [-0.05, 0) is 77.0 Å². The molecule has 160 valence electrons. The van der Waals surface area contributed by atoms with E-state index in [9.17, 15) is 4.79 Å². The van der Waals surface area contributed by atoms with Crippen LogP contribution in [0.4, 0.5) is 5.69 Å². The highest BCUT2D eigenvalue weighted by Crippen LogP contribution is 2.45. The number of carbonyl (C=O) groups is 1. The number of carbonyl (C=O) groups excluding carboxylic acids is 1. The van der Waals surface area contributed by atoms with Crippen LogP contribution in [0.25, 0.3) is 0 Å². The Kier molecular flexibility index (Phi) is 7.30. The Balaban J connectivity index is 1.65. The van der Waals surface area contributed by atoms with Gasteiger partial charge in [0.05, 0.1) is 15.9 Å². The first-order chi connectivity index (χ1) is 15.1. The maximum Gasteiger partial charge on any atom is 0.238 e. The third-order valence-corrected chi connectivity index (χ3v) is 7.08. The molecule has 4 rings (SSSR count). The fraction of sp³-hybridized carbons (Fsp3) is 0.208. The van der Waals surface area contributed by atoms with Crippen molar-refractivity contribution in [2.75, 3.05) is 17.3 Å². The lowest BCUT2D eigenvalue weighted by atomic mass is 10.1. The molecule has 31 heavy (non-hydrogen) atoms. The van der Waals surface area contributed by atoms with Crippen LogP contribution in [0.15, 0.2) is 66.7 Å². The molecule has 1 aliphatic heterocycles. The standard InChI is InChI=1S/C24H21ClINO3S/c1-2-29-21-13-17(12-20(26)23(21)30-14-16-6-4-3-5-7-16)24-27(22(28)15-31-24)19-10-8-18(25)9-11-19/h3-13,24H,2,14-15H2,1H3/t24-/m0/s1. The molecule has 1 atom stereocenters. The highest BCUT2D eigenvalue weighted by molar-refractivity contribution is 14.1. The summed E-state index contributed by atoms with van der Waals surface area (Å²) in [4.78, 5) is 14.5. The topological polar surface area (TPSA) is 38.8 Å².